The first kappa shape index (κ1) is 12.5. The second-order valence-corrected chi connectivity index (χ2v) is 4.51. The Labute approximate surface area is 102 Å². The van der Waals surface area contributed by atoms with Gasteiger partial charge in [0.1, 0.15) is 17.7 Å². The van der Waals surface area contributed by atoms with E-state index in [4.69, 9.17) is 5.11 Å². The second-order valence-electron chi connectivity index (χ2n) is 4.51. The number of imidazole rings is 1. The number of aromatic nitrogens is 2. The molecule has 1 aromatic carbocycles. The average Bonchev–Trinajstić information content (AvgIpc) is 2.68. The lowest BCUT2D eigenvalue weighted by Crippen LogP contribution is -2.08. The van der Waals surface area contributed by atoms with E-state index in [-0.39, 0.29) is 22.5 Å². The topological polar surface area (TPSA) is 55.1 Å². The highest BCUT2D eigenvalue weighted by molar-refractivity contribution is 5.88. The van der Waals surface area contributed by atoms with E-state index in [2.05, 4.69) is 4.98 Å². The highest BCUT2D eigenvalue weighted by Crippen LogP contribution is 2.26. The summed E-state index contributed by atoms with van der Waals surface area (Å²) in [6.45, 7) is 3.78. The molecule has 0 aliphatic heterocycles. The van der Waals surface area contributed by atoms with Crippen molar-refractivity contribution >= 4 is 17.1 Å². The normalized spacial score (nSPS) is 11.4. The molecule has 6 heteroatoms. The molecule has 4 nitrogen and oxygen atoms in total. The Kier molecular flexibility index (Phi) is 3.02. The smallest absolute Gasteiger partial charge is 0.417 e. The molecule has 0 bridgehead atoms. The van der Waals surface area contributed by atoms with Crippen LogP contribution in [0.2, 0.25) is 0 Å². The molecule has 0 radical (unpaired) electrons. The molecule has 0 saturated carbocycles. The molecule has 1 N–H and O–H groups in total. The molecule has 0 spiro atoms. The van der Waals surface area contributed by atoms with Crippen LogP contribution in [0.4, 0.5) is 13.6 Å². The molecular formula is C12H12F2N2O2. The summed E-state index contributed by atoms with van der Waals surface area (Å²) in [4.78, 5) is 14.7. The summed E-state index contributed by atoms with van der Waals surface area (Å²) in [5.41, 5.74) is 0.129. The Morgan fingerprint density at radius 2 is 2.11 bits per heavy atom. The number of halogens is 2. The van der Waals surface area contributed by atoms with Crippen LogP contribution < -0.4 is 0 Å². The number of carbonyl (C=O) groups is 1. The quantitative estimate of drug-likeness (QED) is 0.896. The Morgan fingerprint density at radius 1 is 1.44 bits per heavy atom. The maximum absolute atomic E-state index is 13.7. The van der Waals surface area contributed by atoms with Crippen LogP contribution >= 0.6 is 0 Å². The lowest BCUT2D eigenvalue weighted by atomic mass is 10.0. The fraction of sp³-hybridized carbons (Fsp3) is 0.333. The maximum atomic E-state index is 13.7. The third-order valence-electron chi connectivity index (χ3n) is 2.64. The Morgan fingerprint density at radius 3 is 2.67 bits per heavy atom. The number of nitrogens with zero attached hydrogens (tertiary/aromatic N) is 2. The minimum absolute atomic E-state index is 0.0728. The number of carboxylic acid groups (broad SMARTS) is 1. The van der Waals surface area contributed by atoms with Crippen LogP contribution in [0.1, 0.15) is 19.4 Å². The van der Waals surface area contributed by atoms with Crippen LogP contribution in [0.15, 0.2) is 12.4 Å². The van der Waals surface area contributed by atoms with Gasteiger partial charge in [0, 0.05) is 11.6 Å². The number of hydrogen-bond acceptors (Lipinski definition) is 2. The third kappa shape index (κ3) is 1.94. The summed E-state index contributed by atoms with van der Waals surface area (Å²) in [6, 6.07) is 0.709. The van der Waals surface area contributed by atoms with Gasteiger partial charge in [0.15, 0.2) is 5.82 Å². The maximum Gasteiger partial charge on any atom is 0.417 e. The van der Waals surface area contributed by atoms with Crippen molar-refractivity contribution in [2.75, 3.05) is 0 Å². The molecule has 0 fully saturated rings. The molecule has 0 amide bonds. The third-order valence-corrected chi connectivity index (χ3v) is 2.64. The summed E-state index contributed by atoms with van der Waals surface area (Å²) in [5.74, 6) is -1.46. The fourth-order valence-corrected chi connectivity index (χ4v) is 1.92. The van der Waals surface area contributed by atoms with Crippen molar-refractivity contribution < 1.29 is 18.7 Å². The van der Waals surface area contributed by atoms with Crippen LogP contribution in [0.5, 0.6) is 0 Å². The van der Waals surface area contributed by atoms with Gasteiger partial charge in [0.05, 0.1) is 5.52 Å². The molecule has 2 rings (SSSR count). The SMILES string of the molecule is CC(C)Cc1c(F)cc(F)c2c1ncn2C(=O)O. The largest absolute Gasteiger partial charge is 0.464 e. The van der Waals surface area contributed by atoms with Gasteiger partial charge in [0.2, 0.25) is 0 Å². The molecule has 0 aliphatic carbocycles. The van der Waals surface area contributed by atoms with E-state index in [0.717, 1.165) is 6.33 Å². The summed E-state index contributed by atoms with van der Waals surface area (Å²) < 4.78 is 28.0. The zero-order valence-electron chi connectivity index (χ0n) is 9.94. The van der Waals surface area contributed by atoms with Crippen molar-refractivity contribution in [3.63, 3.8) is 0 Å². The molecule has 1 heterocycles. The van der Waals surface area contributed by atoms with Gasteiger partial charge in [-0.3, -0.25) is 0 Å². The molecule has 1 aromatic heterocycles. The summed E-state index contributed by atoms with van der Waals surface area (Å²) in [6.07, 6.45) is 0.0111. The molecule has 0 saturated heterocycles. The molecule has 96 valence electrons. The molecule has 0 atom stereocenters. The van der Waals surface area contributed by atoms with Crippen molar-refractivity contribution in [2.24, 2.45) is 5.92 Å². The zero-order valence-corrected chi connectivity index (χ0v) is 9.94. The van der Waals surface area contributed by atoms with E-state index in [9.17, 15) is 13.6 Å². The highest BCUT2D eigenvalue weighted by Gasteiger charge is 2.20. The number of rotatable bonds is 2. The van der Waals surface area contributed by atoms with Crippen LogP contribution in [0, 0.1) is 17.6 Å². The standard InChI is InChI=1S/C12H12F2N2O2/c1-6(2)3-7-8(13)4-9(14)11-10(7)15-5-16(11)12(17)18/h4-6H,3H2,1-2H3,(H,17,18). The van der Waals surface area contributed by atoms with Crippen molar-refractivity contribution in [1.82, 2.24) is 9.55 Å². The van der Waals surface area contributed by atoms with Crippen LogP contribution in [0.3, 0.4) is 0 Å². The fourth-order valence-electron chi connectivity index (χ4n) is 1.92. The molecular weight excluding hydrogens is 242 g/mol. The van der Waals surface area contributed by atoms with Crippen molar-refractivity contribution in [2.45, 2.75) is 20.3 Å². The predicted octanol–water partition coefficient (Wildman–Crippen LogP) is 3.04. The van der Waals surface area contributed by atoms with Crippen molar-refractivity contribution in [3.8, 4) is 0 Å². The number of hydrogen-bond donors (Lipinski definition) is 1. The Balaban J connectivity index is 2.76. The van der Waals surface area contributed by atoms with Gasteiger partial charge >= 0.3 is 6.09 Å². The van der Waals surface area contributed by atoms with Crippen LogP contribution in [0.25, 0.3) is 11.0 Å². The van der Waals surface area contributed by atoms with E-state index in [1.54, 1.807) is 0 Å². The summed E-state index contributed by atoms with van der Waals surface area (Å²) >= 11 is 0. The first-order chi connectivity index (χ1) is 8.41. The minimum atomic E-state index is -1.35. The molecule has 0 aliphatic rings. The predicted molar refractivity (Wildman–Crippen MR) is 61.6 cm³/mol. The average molecular weight is 254 g/mol. The summed E-state index contributed by atoms with van der Waals surface area (Å²) in [7, 11) is 0. The highest BCUT2D eigenvalue weighted by atomic mass is 19.1. The minimum Gasteiger partial charge on any atom is -0.464 e. The number of fused-ring (bicyclic) bond motifs is 1. The molecule has 2 aromatic rings. The van der Waals surface area contributed by atoms with E-state index >= 15 is 0 Å². The van der Waals surface area contributed by atoms with Crippen molar-refractivity contribution in [1.29, 1.82) is 0 Å². The van der Waals surface area contributed by atoms with Crippen LogP contribution in [-0.4, -0.2) is 20.8 Å². The van der Waals surface area contributed by atoms with Crippen molar-refractivity contribution in [3.05, 3.63) is 29.6 Å². The lowest BCUT2D eigenvalue weighted by Gasteiger charge is -2.08. The Bertz CT molecular complexity index is 620. The van der Waals surface area contributed by atoms with E-state index < -0.39 is 17.7 Å². The van der Waals surface area contributed by atoms with E-state index in [1.807, 2.05) is 13.8 Å². The molecule has 18 heavy (non-hydrogen) atoms. The second kappa shape index (κ2) is 4.36. The first-order valence-corrected chi connectivity index (χ1v) is 5.49. The summed E-state index contributed by atoms with van der Waals surface area (Å²) in [5, 5.41) is 8.90. The Hall–Kier alpha value is -1.98. The number of benzene rings is 1. The van der Waals surface area contributed by atoms with Gasteiger partial charge in [0.25, 0.3) is 0 Å². The van der Waals surface area contributed by atoms with Gasteiger partial charge in [-0.25, -0.2) is 23.1 Å². The van der Waals surface area contributed by atoms with E-state index in [1.165, 1.54) is 0 Å². The van der Waals surface area contributed by atoms with Crippen LogP contribution in [-0.2, 0) is 6.42 Å². The van der Waals surface area contributed by atoms with E-state index in [0.29, 0.717) is 17.1 Å². The van der Waals surface area contributed by atoms with Gasteiger partial charge in [-0.1, -0.05) is 13.8 Å². The van der Waals surface area contributed by atoms with Gasteiger partial charge in [-0.05, 0) is 12.3 Å². The first-order valence-electron chi connectivity index (χ1n) is 5.49. The molecule has 0 unspecified atom stereocenters. The van der Waals surface area contributed by atoms with Gasteiger partial charge in [-0.2, -0.15) is 0 Å². The monoisotopic (exact) mass is 254 g/mol. The zero-order chi connectivity index (χ0) is 13.4. The van der Waals surface area contributed by atoms with Gasteiger partial charge in [-0.15, -0.1) is 0 Å². The van der Waals surface area contributed by atoms with Gasteiger partial charge < -0.3 is 5.11 Å². The lowest BCUT2D eigenvalue weighted by molar-refractivity contribution is 0.197.